The Morgan fingerprint density at radius 3 is 2.26 bits per heavy atom. The molecule has 0 unspecified atom stereocenters. The zero-order valence-electron chi connectivity index (χ0n) is 15.8. The van der Waals surface area contributed by atoms with Crippen molar-refractivity contribution in [1.82, 2.24) is 5.32 Å². The number of carbonyl (C=O) groups is 3. The van der Waals surface area contributed by atoms with Crippen molar-refractivity contribution < 1.29 is 19.1 Å². The summed E-state index contributed by atoms with van der Waals surface area (Å²) in [5, 5.41) is 2.50. The van der Waals surface area contributed by atoms with Gasteiger partial charge in [-0.2, -0.15) is 0 Å². The molecule has 2 rings (SSSR count). The highest BCUT2D eigenvalue weighted by Gasteiger charge is 2.24. The lowest BCUT2D eigenvalue weighted by Crippen LogP contribution is -2.41. The van der Waals surface area contributed by atoms with Crippen LogP contribution in [0.25, 0.3) is 0 Å². The van der Waals surface area contributed by atoms with E-state index in [0.29, 0.717) is 12.1 Å². The fraction of sp³-hybridized carbons (Fsp3) is 0.286. The highest BCUT2D eigenvalue weighted by molar-refractivity contribution is 5.98. The number of carbonyl (C=O) groups excluding carboxylic acids is 3. The van der Waals surface area contributed by atoms with Crippen molar-refractivity contribution in [3.8, 4) is 0 Å². The van der Waals surface area contributed by atoms with Gasteiger partial charge in [0.1, 0.15) is 6.54 Å². The van der Waals surface area contributed by atoms with Gasteiger partial charge in [-0.25, -0.2) is 0 Å². The molecular weight excluding hydrogens is 344 g/mol. The number of rotatable bonds is 7. The van der Waals surface area contributed by atoms with Crippen LogP contribution < -0.4 is 10.2 Å². The summed E-state index contributed by atoms with van der Waals surface area (Å²) in [4.78, 5) is 38.1. The molecule has 142 valence electrons. The minimum atomic E-state index is -0.950. The van der Waals surface area contributed by atoms with Gasteiger partial charge in [-0.15, -0.1) is 0 Å². The Hall–Kier alpha value is -3.15. The lowest BCUT2D eigenvalue weighted by Gasteiger charge is -2.24. The number of hydrogen-bond donors (Lipinski definition) is 1. The Labute approximate surface area is 159 Å². The van der Waals surface area contributed by atoms with Crippen LogP contribution in [-0.2, 0) is 14.3 Å². The molecule has 27 heavy (non-hydrogen) atoms. The van der Waals surface area contributed by atoms with E-state index in [1.165, 1.54) is 6.92 Å². The second-order valence-corrected chi connectivity index (χ2v) is 6.10. The largest absolute Gasteiger partial charge is 0.451 e. The van der Waals surface area contributed by atoms with Crippen LogP contribution in [0, 0.1) is 6.92 Å². The number of anilines is 1. The third-order valence-corrected chi connectivity index (χ3v) is 4.01. The van der Waals surface area contributed by atoms with Crippen molar-refractivity contribution in [3.63, 3.8) is 0 Å². The molecule has 0 bridgehead atoms. The third-order valence-electron chi connectivity index (χ3n) is 4.01. The van der Waals surface area contributed by atoms with Gasteiger partial charge in [0.15, 0.2) is 6.10 Å². The van der Waals surface area contributed by atoms with Gasteiger partial charge in [-0.1, -0.05) is 35.9 Å². The molecule has 0 aromatic heterocycles. The highest BCUT2D eigenvalue weighted by Crippen LogP contribution is 2.15. The van der Waals surface area contributed by atoms with E-state index in [-0.39, 0.29) is 18.4 Å². The van der Waals surface area contributed by atoms with E-state index in [1.807, 2.05) is 56.3 Å². The maximum absolute atomic E-state index is 12.6. The predicted octanol–water partition coefficient (Wildman–Crippen LogP) is 2.71. The van der Waals surface area contributed by atoms with E-state index < -0.39 is 12.1 Å². The monoisotopic (exact) mass is 368 g/mol. The molecule has 0 saturated heterocycles. The standard InChI is InChI=1S/C21H24N2O4/c1-4-23(18-8-6-5-7-9-18)21(26)16(3)27-19(24)14-22-20(25)17-12-10-15(2)11-13-17/h5-13,16H,4,14H2,1-3H3,(H,22,25)/t16-/m0/s1. The quantitative estimate of drug-likeness (QED) is 0.763. The summed E-state index contributed by atoms with van der Waals surface area (Å²) in [6, 6.07) is 16.2. The molecule has 0 aliphatic heterocycles. The van der Waals surface area contributed by atoms with Crippen molar-refractivity contribution in [2.24, 2.45) is 0 Å². The molecular formula is C21H24N2O4. The summed E-state index contributed by atoms with van der Waals surface area (Å²) in [6.07, 6.45) is -0.950. The number of para-hydroxylation sites is 1. The summed E-state index contributed by atoms with van der Waals surface area (Å²) in [6.45, 7) is 5.44. The predicted molar refractivity (Wildman–Crippen MR) is 104 cm³/mol. The number of ether oxygens (including phenoxy) is 1. The van der Waals surface area contributed by atoms with E-state index in [4.69, 9.17) is 4.74 Å². The number of benzene rings is 2. The van der Waals surface area contributed by atoms with E-state index in [0.717, 1.165) is 11.3 Å². The van der Waals surface area contributed by atoms with Crippen LogP contribution in [0.5, 0.6) is 0 Å². The molecule has 2 aromatic rings. The van der Waals surface area contributed by atoms with Crippen LogP contribution >= 0.6 is 0 Å². The number of esters is 1. The third kappa shape index (κ3) is 5.67. The maximum Gasteiger partial charge on any atom is 0.326 e. The second-order valence-electron chi connectivity index (χ2n) is 6.10. The zero-order chi connectivity index (χ0) is 19.8. The molecule has 6 heteroatoms. The Morgan fingerprint density at radius 2 is 1.67 bits per heavy atom. The number of likely N-dealkylation sites (N-methyl/N-ethyl adjacent to an activating group) is 1. The molecule has 0 fully saturated rings. The number of aryl methyl sites for hydroxylation is 1. The summed E-state index contributed by atoms with van der Waals surface area (Å²) in [5.41, 5.74) is 2.23. The van der Waals surface area contributed by atoms with Crippen LogP contribution in [0.15, 0.2) is 54.6 Å². The summed E-state index contributed by atoms with van der Waals surface area (Å²) in [5.74, 6) is -1.35. The van der Waals surface area contributed by atoms with Gasteiger partial charge in [-0.05, 0) is 45.0 Å². The van der Waals surface area contributed by atoms with Gasteiger partial charge in [0.25, 0.3) is 11.8 Å². The highest BCUT2D eigenvalue weighted by atomic mass is 16.5. The molecule has 0 spiro atoms. The minimum Gasteiger partial charge on any atom is -0.451 e. The lowest BCUT2D eigenvalue weighted by molar-refractivity contribution is -0.152. The van der Waals surface area contributed by atoms with Crippen molar-refractivity contribution in [1.29, 1.82) is 0 Å². The number of nitrogens with zero attached hydrogens (tertiary/aromatic N) is 1. The molecule has 0 heterocycles. The average Bonchev–Trinajstić information content (AvgIpc) is 2.68. The van der Waals surface area contributed by atoms with Gasteiger partial charge < -0.3 is 15.0 Å². The summed E-state index contributed by atoms with van der Waals surface area (Å²) in [7, 11) is 0. The molecule has 6 nitrogen and oxygen atoms in total. The molecule has 1 atom stereocenters. The average molecular weight is 368 g/mol. The first-order chi connectivity index (χ1) is 12.9. The molecule has 0 radical (unpaired) electrons. The topological polar surface area (TPSA) is 75.7 Å². The van der Waals surface area contributed by atoms with Crippen LogP contribution in [0.2, 0.25) is 0 Å². The molecule has 0 aliphatic rings. The molecule has 0 saturated carbocycles. The molecule has 0 aliphatic carbocycles. The number of amides is 2. The zero-order valence-corrected chi connectivity index (χ0v) is 15.8. The van der Waals surface area contributed by atoms with E-state index in [9.17, 15) is 14.4 Å². The SMILES string of the molecule is CCN(C(=O)[C@H](C)OC(=O)CNC(=O)c1ccc(C)cc1)c1ccccc1. The fourth-order valence-corrected chi connectivity index (χ4v) is 2.54. The molecule has 2 amide bonds. The fourth-order valence-electron chi connectivity index (χ4n) is 2.54. The second kappa shape index (κ2) is 9.52. The van der Waals surface area contributed by atoms with Gasteiger partial charge in [0.05, 0.1) is 0 Å². The van der Waals surface area contributed by atoms with Gasteiger partial charge >= 0.3 is 5.97 Å². The van der Waals surface area contributed by atoms with Crippen molar-refractivity contribution in [2.75, 3.05) is 18.0 Å². The van der Waals surface area contributed by atoms with Crippen LogP contribution in [-0.4, -0.2) is 37.0 Å². The first kappa shape index (κ1) is 20.2. The minimum absolute atomic E-state index is 0.304. The first-order valence-electron chi connectivity index (χ1n) is 8.83. The van der Waals surface area contributed by atoms with Crippen LogP contribution in [0.1, 0.15) is 29.8 Å². The maximum atomic E-state index is 12.6. The van der Waals surface area contributed by atoms with Crippen LogP contribution in [0.3, 0.4) is 0 Å². The van der Waals surface area contributed by atoms with Gasteiger partial charge in [0, 0.05) is 17.8 Å². The summed E-state index contributed by atoms with van der Waals surface area (Å²) < 4.78 is 5.18. The summed E-state index contributed by atoms with van der Waals surface area (Å²) >= 11 is 0. The van der Waals surface area contributed by atoms with Crippen molar-refractivity contribution in [3.05, 3.63) is 65.7 Å². The van der Waals surface area contributed by atoms with E-state index in [2.05, 4.69) is 5.32 Å². The smallest absolute Gasteiger partial charge is 0.326 e. The van der Waals surface area contributed by atoms with Crippen LogP contribution in [0.4, 0.5) is 5.69 Å². The number of hydrogen-bond acceptors (Lipinski definition) is 4. The number of nitrogens with one attached hydrogen (secondary N) is 1. The van der Waals surface area contributed by atoms with E-state index in [1.54, 1.807) is 17.0 Å². The Bertz CT molecular complexity index is 788. The Balaban J connectivity index is 1.87. The van der Waals surface area contributed by atoms with Crippen molar-refractivity contribution in [2.45, 2.75) is 26.9 Å². The van der Waals surface area contributed by atoms with Gasteiger partial charge in [-0.3, -0.25) is 14.4 Å². The first-order valence-corrected chi connectivity index (χ1v) is 8.83. The Morgan fingerprint density at radius 1 is 1.04 bits per heavy atom. The van der Waals surface area contributed by atoms with Gasteiger partial charge in [0.2, 0.25) is 0 Å². The van der Waals surface area contributed by atoms with E-state index >= 15 is 0 Å². The van der Waals surface area contributed by atoms with Crippen molar-refractivity contribution >= 4 is 23.5 Å². The molecule has 1 N–H and O–H groups in total. The lowest BCUT2D eigenvalue weighted by atomic mass is 10.1. The normalized spacial score (nSPS) is 11.4. The Kier molecular flexibility index (Phi) is 7.11. The molecule has 2 aromatic carbocycles.